The summed E-state index contributed by atoms with van der Waals surface area (Å²) in [6.45, 7) is 0. The molecule has 0 nitrogen and oxygen atoms in total. The second kappa shape index (κ2) is 17.3. The lowest BCUT2D eigenvalue weighted by atomic mass is 10.3. The number of halogens is 8. The molecule has 0 atom stereocenters. The van der Waals surface area contributed by atoms with Crippen LogP contribution in [0.5, 0.6) is 0 Å². The lowest BCUT2D eigenvalue weighted by molar-refractivity contribution is 0.631. The monoisotopic (exact) mass is 704 g/mol. The van der Waals surface area contributed by atoms with Gasteiger partial charge in [0, 0.05) is 31.8 Å². The average Bonchev–Trinajstić information content (AvgIpc) is 3.03. The van der Waals surface area contributed by atoms with Crippen LogP contribution in [0.3, 0.4) is 0 Å². The molecule has 0 N–H and O–H groups in total. The third-order valence-corrected chi connectivity index (χ3v) is 11.6. The first-order chi connectivity index (χ1) is 21.4. The zero-order valence-corrected chi connectivity index (χ0v) is 27.3. The molecule has 0 heterocycles. The maximum atomic E-state index is 14.2. The van der Waals surface area contributed by atoms with Crippen molar-refractivity contribution in [2.45, 2.75) is 0 Å². The highest BCUT2D eigenvalue weighted by Crippen LogP contribution is 2.36. The van der Waals surface area contributed by atoms with Crippen LogP contribution in [-0.4, -0.2) is 0 Å². The predicted octanol–water partition coefficient (Wildman–Crippen LogP) is 8.57. The van der Waals surface area contributed by atoms with Crippen molar-refractivity contribution in [3.8, 4) is 0 Å². The maximum Gasteiger partial charge on any atom is 0.131 e. The van der Waals surface area contributed by atoms with E-state index < -0.39 is 50.7 Å². The fourth-order valence-electron chi connectivity index (χ4n) is 4.58. The Bertz CT molecular complexity index is 1540. The maximum absolute atomic E-state index is 14.2. The lowest BCUT2D eigenvalue weighted by Gasteiger charge is -2.20. The highest BCUT2D eigenvalue weighted by molar-refractivity contribution is 7.80. The quantitative estimate of drug-likeness (QED) is 0.120. The molecule has 46 heavy (non-hydrogen) atoms. The molecule has 0 aliphatic carbocycles. The van der Waals surface area contributed by atoms with Crippen molar-refractivity contribution in [2.24, 2.45) is 0 Å². The molecule has 6 rings (SSSR count). The molecule has 0 saturated carbocycles. The summed E-state index contributed by atoms with van der Waals surface area (Å²) >= 11 is 0. The molecule has 0 aliphatic heterocycles. The van der Waals surface area contributed by atoms with Crippen LogP contribution in [0, 0.1) is 34.9 Å². The molecule has 0 bridgehead atoms. The zero-order chi connectivity index (χ0) is 31.1. The predicted molar refractivity (Wildman–Crippen MR) is 185 cm³/mol. The summed E-state index contributed by atoms with van der Waals surface area (Å²) in [6, 6.07) is 36.8. The van der Waals surface area contributed by atoms with Gasteiger partial charge in [0.05, 0.1) is 0 Å². The van der Waals surface area contributed by atoms with Gasteiger partial charge in [-0.25, -0.2) is 26.3 Å². The number of benzene rings is 6. The van der Waals surface area contributed by atoms with Gasteiger partial charge >= 0.3 is 0 Å². The van der Waals surface area contributed by atoms with Crippen LogP contribution < -0.4 is 31.8 Å². The zero-order valence-electron chi connectivity index (χ0n) is 23.8. The Labute approximate surface area is 278 Å². The van der Waals surface area contributed by atoms with Crippen molar-refractivity contribution >= 4 is 72.5 Å². The van der Waals surface area contributed by atoms with Gasteiger partial charge in [-0.05, 0) is 52.2 Å². The standard InChI is InChI=1S/2C18H12F3P.2ClH/c2*19-13-7-1-4-10-16(13)22(17-11-5-2-8-14(17)20)18-12-6-3-9-15(18)21;;/h2*1-12H;2*1H. The Balaban J connectivity index is 0.000000240. The molecule has 0 saturated heterocycles. The van der Waals surface area contributed by atoms with E-state index in [-0.39, 0.29) is 24.8 Å². The molecule has 10 heteroatoms. The van der Waals surface area contributed by atoms with Crippen LogP contribution in [-0.2, 0) is 0 Å². The Morgan fingerprint density at radius 1 is 0.239 bits per heavy atom. The summed E-state index contributed by atoms with van der Waals surface area (Å²) in [5, 5.41) is 1.88. The van der Waals surface area contributed by atoms with Crippen molar-refractivity contribution in [3.05, 3.63) is 180 Å². The molecule has 0 aliphatic rings. The summed E-state index contributed by atoms with van der Waals surface area (Å²) in [5.74, 6) is -2.75. The summed E-state index contributed by atoms with van der Waals surface area (Å²) in [4.78, 5) is 0. The first kappa shape index (κ1) is 36.8. The van der Waals surface area contributed by atoms with Gasteiger partial charge in [-0.15, -0.1) is 24.8 Å². The van der Waals surface area contributed by atoms with Gasteiger partial charge in [0.2, 0.25) is 0 Å². The van der Waals surface area contributed by atoms with Gasteiger partial charge in [-0.3, -0.25) is 0 Å². The summed E-state index contributed by atoms with van der Waals surface area (Å²) in [5.41, 5.74) is 0. The fraction of sp³-hybridized carbons (Fsp3) is 0. The molecule has 0 unspecified atom stereocenters. The molecule has 236 valence electrons. The van der Waals surface area contributed by atoms with Gasteiger partial charge in [0.1, 0.15) is 34.9 Å². The third kappa shape index (κ3) is 8.37. The SMILES string of the molecule is Cl.Cl.Fc1ccccc1P(c1ccccc1F)c1ccccc1F.Fc1ccccc1P(c1ccccc1F)c1ccccc1F. The minimum atomic E-state index is -1.63. The van der Waals surface area contributed by atoms with Gasteiger partial charge in [-0.2, -0.15) is 0 Å². The topological polar surface area (TPSA) is 0 Å². The second-order valence-electron chi connectivity index (χ2n) is 9.38. The largest absolute Gasteiger partial charge is 0.206 e. The first-order valence-corrected chi connectivity index (χ1v) is 16.1. The van der Waals surface area contributed by atoms with Gasteiger partial charge in [0.25, 0.3) is 0 Å². The highest BCUT2D eigenvalue weighted by Gasteiger charge is 2.26. The van der Waals surface area contributed by atoms with Crippen molar-refractivity contribution in [1.82, 2.24) is 0 Å². The summed E-state index contributed by atoms with van der Waals surface area (Å²) in [7, 11) is -3.27. The van der Waals surface area contributed by atoms with Crippen molar-refractivity contribution in [2.75, 3.05) is 0 Å². The smallest absolute Gasteiger partial charge is 0.131 e. The van der Waals surface area contributed by atoms with Crippen LogP contribution >= 0.6 is 40.7 Å². The molecular formula is C36H26Cl2F6P2. The highest BCUT2D eigenvalue weighted by atomic mass is 35.5. The number of hydrogen-bond acceptors (Lipinski definition) is 0. The molecular weight excluding hydrogens is 679 g/mol. The third-order valence-electron chi connectivity index (χ3n) is 6.56. The van der Waals surface area contributed by atoms with Gasteiger partial charge in [0.15, 0.2) is 0 Å². The normalized spacial score (nSPS) is 10.4. The minimum absolute atomic E-state index is 0. The van der Waals surface area contributed by atoms with E-state index in [0.717, 1.165) is 0 Å². The summed E-state index contributed by atoms with van der Waals surface area (Å²) in [6.07, 6.45) is 0. The minimum Gasteiger partial charge on any atom is -0.206 e. The van der Waals surface area contributed by atoms with Crippen LogP contribution in [0.15, 0.2) is 146 Å². The molecule has 0 aromatic heterocycles. The van der Waals surface area contributed by atoms with E-state index in [1.54, 1.807) is 109 Å². The van der Waals surface area contributed by atoms with Gasteiger partial charge < -0.3 is 0 Å². The van der Waals surface area contributed by atoms with E-state index in [2.05, 4.69) is 0 Å². The molecule has 0 radical (unpaired) electrons. The second-order valence-corrected chi connectivity index (χ2v) is 13.6. The first-order valence-electron chi connectivity index (χ1n) is 13.4. The Hall–Kier alpha value is -3.66. The Morgan fingerprint density at radius 2 is 0.370 bits per heavy atom. The molecule has 0 fully saturated rings. The molecule has 6 aromatic carbocycles. The van der Waals surface area contributed by atoms with Crippen LogP contribution in [0.25, 0.3) is 0 Å². The lowest BCUT2D eigenvalue weighted by Crippen LogP contribution is -2.26. The van der Waals surface area contributed by atoms with Gasteiger partial charge in [-0.1, -0.05) is 109 Å². The Morgan fingerprint density at radius 3 is 0.500 bits per heavy atom. The van der Waals surface area contributed by atoms with E-state index in [0.29, 0.717) is 31.8 Å². The number of hydrogen-bond donors (Lipinski definition) is 0. The van der Waals surface area contributed by atoms with E-state index in [4.69, 9.17) is 0 Å². The van der Waals surface area contributed by atoms with Crippen molar-refractivity contribution in [3.63, 3.8) is 0 Å². The molecule has 6 aromatic rings. The molecule has 0 amide bonds. The van der Waals surface area contributed by atoms with Crippen LogP contribution in [0.4, 0.5) is 26.3 Å². The Kier molecular flexibility index (Phi) is 13.9. The van der Waals surface area contributed by atoms with Crippen LogP contribution in [0.1, 0.15) is 0 Å². The average molecular weight is 705 g/mol. The van der Waals surface area contributed by atoms with E-state index in [9.17, 15) is 26.3 Å². The fourth-order valence-corrected chi connectivity index (χ4v) is 9.27. The van der Waals surface area contributed by atoms with Crippen LogP contribution in [0.2, 0.25) is 0 Å². The van der Waals surface area contributed by atoms with Crippen molar-refractivity contribution < 1.29 is 26.3 Å². The molecule has 0 spiro atoms. The van der Waals surface area contributed by atoms with E-state index >= 15 is 0 Å². The number of rotatable bonds is 6. The summed E-state index contributed by atoms with van der Waals surface area (Å²) < 4.78 is 85.5. The van der Waals surface area contributed by atoms with Crippen molar-refractivity contribution in [1.29, 1.82) is 0 Å². The van der Waals surface area contributed by atoms with E-state index in [1.807, 2.05) is 0 Å². The van der Waals surface area contributed by atoms with E-state index in [1.165, 1.54) is 36.4 Å².